The van der Waals surface area contributed by atoms with Crippen LogP contribution in [0.15, 0.2) is 76.3 Å². The molecule has 2 rings (SSSR count). The van der Waals surface area contributed by atoms with Crippen LogP contribution in [0.2, 0.25) is 0 Å². The normalized spacial score (nSPS) is 12.0. The van der Waals surface area contributed by atoms with E-state index in [1.165, 1.54) is 50.2 Å². The number of ether oxygens (including phenoxy) is 2. The number of carbonyl (C=O) groups excluding carboxylic acids is 1. The highest BCUT2D eigenvalue weighted by Crippen LogP contribution is 2.20. The highest BCUT2D eigenvalue weighted by molar-refractivity contribution is 8.15. The third-order valence-corrected chi connectivity index (χ3v) is 9.02. The second-order valence-corrected chi connectivity index (χ2v) is 13.4. The molecule has 0 heterocycles. The molecule has 0 spiro atoms. The molecule has 2 aromatic carbocycles. The van der Waals surface area contributed by atoms with Crippen molar-refractivity contribution in [3.63, 3.8) is 0 Å². The minimum atomic E-state index is -4.02. The molecule has 0 aliphatic rings. The Hall–Kier alpha value is -2.72. The van der Waals surface area contributed by atoms with E-state index in [-0.39, 0.29) is 15.7 Å². The predicted octanol–water partition coefficient (Wildman–Crippen LogP) is 4.44. The Morgan fingerprint density at radius 3 is 2.12 bits per heavy atom. The van der Waals surface area contributed by atoms with Gasteiger partial charge in [-0.05, 0) is 54.2 Å². The van der Waals surface area contributed by atoms with Gasteiger partial charge >= 0.3 is 26.2 Å². The number of esters is 1. The van der Waals surface area contributed by atoms with Crippen LogP contribution < -0.4 is 10.2 Å². The Balaban J connectivity index is 1.64. The molecule has 0 radical (unpaired) electrons. The Morgan fingerprint density at radius 2 is 1.52 bits per heavy atom. The summed E-state index contributed by atoms with van der Waals surface area (Å²) in [6.45, 7) is 3.76. The number of hydrogen-bond donors (Lipinski definition) is 1. The minimum absolute atomic E-state index is 0.0164. The van der Waals surface area contributed by atoms with Gasteiger partial charge in [-0.15, -0.1) is 16.0 Å². The van der Waals surface area contributed by atoms with Crippen LogP contribution in [-0.2, 0) is 44.1 Å². The van der Waals surface area contributed by atoms with Crippen LogP contribution in [0.4, 0.5) is 0 Å². The van der Waals surface area contributed by atoms with Gasteiger partial charge in [-0.3, -0.25) is 4.28 Å². The maximum atomic E-state index is 12.2. The zero-order valence-corrected chi connectivity index (χ0v) is 25.4. The third-order valence-electron chi connectivity index (χ3n) is 4.95. The summed E-state index contributed by atoms with van der Waals surface area (Å²) in [4.78, 5) is 11.9. The lowest BCUT2D eigenvalue weighted by Gasteiger charge is -2.10. The highest BCUT2D eigenvalue weighted by Gasteiger charge is 2.18. The van der Waals surface area contributed by atoms with Gasteiger partial charge in [-0.25, -0.2) is 10.3 Å². The fourth-order valence-corrected chi connectivity index (χ4v) is 6.19. The summed E-state index contributed by atoms with van der Waals surface area (Å²) in [5.41, 5.74) is 2.90. The van der Waals surface area contributed by atoms with E-state index in [0.717, 1.165) is 37.4 Å². The summed E-state index contributed by atoms with van der Waals surface area (Å²) < 4.78 is 68.0. The molecule has 0 fully saturated rings. The van der Waals surface area contributed by atoms with Gasteiger partial charge in [-0.2, -0.15) is 16.8 Å². The van der Waals surface area contributed by atoms with Crippen molar-refractivity contribution in [1.29, 1.82) is 0 Å². The first-order valence-corrected chi connectivity index (χ1v) is 16.9. The van der Waals surface area contributed by atoms with Crippen LogP contribution in [0.1, 0.15) is 31.2 Å². The SMILES string of the molecule is C=C(NOS(=O)(=O)c1ccc(OC)cc1)SCCCCCCSC(=NOS(=O)(=O)Cc1ccccc1)C(=O)OC. The van der Waals surface area contributed by atoms with Crippen LogP contribution in [0, 0.1) is 0 Å². The van der Waals surface area contributed by atoms with Crippen molar-refractivity contribution in [3.8, 4) is 5.75 Å². The summed E-state index contributed by atoms with van der Waals surface area (Å²) in [6, 6.07) is 14.3. The molecule has 0 bridgehead atoms. The summed E-state index contributed by atoms with van der Waals surface area (Å²) >= 11 is 2.38. The van der Waals surface area contributed by atoms with E-state index in [1.807, 2.05) is 0 Å². The summed E-state index contributed by atoms with van der Waals surface area (Å²) in [7, 11) is -5.36. The van der Waals surface area contributed by atoms with Crippen molar-refractivity contribution in [2.24, 2.45) is 5.16 Å². The van der Waals surface area contributed by atoms with Crippen LogP contribution in [0.3, 0.4) is 0 Å². The number of unbranched alkanes of at least 4 members (excludes halogenated alkanes) is 3. The van der Waals surface area contributed by atoms with Crippen molar-refractivity contribution in [3.05, 3.63) is 71.8 Å². The largest absolute Gasteiger partial charge is 0.497 e. The number of thioether (sulfide) groups is 2. The smallest absolute Gasteiger partial charge is 0.366 e. The first-order chi connectivity index (χ1) is 19.1. The van der Waals surface area contributed by atoms with Gasteiger partial charge in [0.25, 0.3) is 0 Å². The summed E-state index contributed by atoms with van der Waals surface area (Å²) in [5.74, 6) is 0.572. The first-order valence-electron chi connectivity index (χ1n) is 12.0. The van der Waals surface area contributed by atoms with Crippen LogP contribution in [0.25, 0.3) is 0 Å². The fraction of sp³-hybridized carbons (Fsp3) is 0.360. The molecular weight excluding hydrogens is 601 g/mol. The maximum absolute atomic E-state index is 12.2. The van der Waals surface area contributed by atoms with Gasteiger partial charge in [0.05, 0.1) is 24.1 Å². The molecule has 11 nitrogen and oxygen atoms in total. The predicted molar refractivity (Wildman–Crippen MR) is 157 cm³/mol. The standard InChI is InChI=1S/C25H32N2O9S4/c1-20(26-36-40(31,32)23-15-13-22(33-2)14-16-23)37-17-9-4-5-10-18-38-24(25(28)34-3)27-35-39(29,30)19-21-11-7-6-8-12-21/h6-8,11-16,26H,1,4-5,9-10,17-19H2,2-3H3. The summed E-state index contributed by atoms with van der Waals surface area (Å²) in [6.07, 6.45) is 3.29. The fourth-order valence-electron chi connectivity index (χ4n) is 2.95. The Bertz CT molecular complexity index is 1330. The van der Waals surface area contributed by atoms with E-state index in [4.69, 9.17) is 13.3 Å². The zero-order valence-electron chi connectivity index (χ0n) is 22.1. The third kappa shape index (κ3) is 12.6. The number of oxime groups is 1. The van der Waals surface area contributed by atoms with E-state index >= 15 is 0 Å². The van der Waals surface area contributed by atoms with Crippen molar-refractivity contribution in [2.45, 2.75) is 36.3 Å². The zero-order chi connectivity index (χ0) is 29.4. The number of rotatable bonds is 17. The van der Waals surface area contributed by atoms with Gasteiger partial charge in [0, 0.05) is 0 Å². The Labute approximate surface area is 243 Å². The van der Waals surface area contributed by atoms with E-state index in [2.05, 4.69) is 22.0 Å². The number of nitrogens with one attached hydrogen (secondary N) is 1. The molecule has 0 atom stereocenters. The number of carbonyl (C=O) groups is 1. The topological polar surface area (TPSA) is 147 Å². The molecule has 2 aromatic rings. The van der Waals surface area contributed by atoms with Crippen molar-refractivity contribution < 1.29 is 39.7 Å². The average molecular weight is 633 g/mol. The van der Waals surface area contributed by atoms with Crippen LogP contribution in [0.5, 0.6) is 5.75 Å². The second kappa shape index (κ2) is 17.2. The second-order valence-electron chi connectivity index (χ2n) is 8.00. The number of hydroxylamine groups is 1. The molecule has 0 amide bonds. The molecule has 0 unspecified atom stereocenters. The molecule has 220 valence electrons. The lowest BCUT2D eigenvalue weighted by molar-refractivity contribution is -0.132. The lowest BCUT2D eigenvalue weighted by atomic mass is 10.2. The molecule has 1 N–H and O–H groups in total. The van der Waals surface area contributed by atoms with E-state index < -0.39 is 26.2 Å². The van der Waals surface area contributed by atoms with Crippen molar-refractivity contribution >= 4 is 54.8 Å². The molecule has 0 saturated carbocycles. The summed E-state index contributed by atoms with van der Waals surface area (Å²) in [5, 5.41) is 3.70. The molecule has 0 aliphatic carbocycles. The van der Waals surface area contributed by atoms with Crippen LogP contribution in [-0.4, -0.2) is 53.6 Å². The Morgan fingerprint density at radius 1 is 0.900 bits per heavy atom. The first kappa shape index (κ1) is 33.5. The number of methoxy groups -OCH3 is 2. The van der Waals surface area contributed by atoms with E-state index in [0.29, 0.717) is 27.8 Å². The van der Waals surface area contributed by atoms with E-state index in [9.17, 15) is 21.6 Å². The molecule has 0 aliphatic heterocycles. The number of benzene rings is 2. The Kier molecular flexibility index (Phi) is 14.4. The van der Waals surface area contributed by atoms with Crippen molar-refractivity contribution in [1.82, 2.24) is 5.48 Å². The van der Waals surface area contributed by atoms with Gasteiger partial charge in [0.2, 0.25) is 5.04 Å². The number of nitrogens with zero attached hydrogens (tertiary/aromatic N) is 1. The maximum Gasteiger partial charge on any atom is 0.366 e. The van der Waals surface area contributed by atoms with E-state index in [1.54, 1.807) is 30.3 Å². The molecule has 40 heavy (non-hydrogen) atoms. The van der Waals surface area contributed by atoms with Gasteiger partial charge < -0.3 is 9.47 Å². The molecule has 0 aromatic heterocycles. The van der Waals surface area contributed by atoms with Crippen LogP contribution >= 0.6 is 23.5 Å². The van der Waals surface area contributed by atoms with Gasteiger partial charge in [-0.1, -0.05) is 66.7 Å². The average Bonchev–Trinajstić information content (AvgIpc) is 2.94. The quantitative estimate of drug-likeness (QED) is 0.0865. The van der Waals surface area contributed by atoms with Crippen molar-refractivity contribution in [2.75, 3.05) is 25.7 Å². The molecular formula is C25H32N2O9S4. The molecule has 0 saturated heterocycles. The van der Waals surface area contributed by atoms with Gasteiger partial charge in [0.15, 0.2) is 0 Å². The monoisotopic (exact) mass is 632 g/mol. The number of hydrogen-bond acceptors (Lipinski definition) is 13. The lowest BCUT2D eigenvalue weighted by Crippen LogP contribution is -2.18. The van der Waals surface area contributed by atoms with Gasteiger partial charge in [0.1, 0.15) is 11.5 Å². The highest BCUT2D eigenvalue weighted by atomic mass is 32.2. The minimum Gasteiger partial charge on any atom is -0.497 e. The molecule has 15 heteroatoms.